The molecule has 0 amide bonds. The molecule has 0 radical (unpaired) electrons. The second-order valence-electron chi connectivity index (χ2n) is 9.01. The third kappa shape index (κ3) is 5.48. The highest BCUT2D eigenvalue weighted by Crippen LogP contribution is 2.39. The summed E-state index contributed by atoms with van der Waals surface area (Å²) < 4.78 is 0. The highest BCUT2D eigenvalue weighted by Gasteiger charge is 2.30. The van der Waals surface area contributed by atoms with Crippen molar-refractivity contribution in [3.63, 3.8) is 0 Å². The second-order valence-corrected chi connectivity index (χ2v) is 9.01. The van der Waals surface area contributed by atoms with Crippen molar-refractivity contribution >= 4 is 17.8 Å². The SMILES string of the molecule is C=C\C=C(C)/N=C(C)/C(C)=C\C(=C/C)C1=CC(=C2CC2)N2C=C(C3CCNCC3)N=CC2=N1. The van der Waals surface area contributed by atoms with E-state index in [4.69, 9.17) is 9.98 Å². The van der Waals surface area contributed by atoms with E-state index in [9.17, 15) is 0 Å². The average Bonchev–Trinajstić information content (AvgIpc) is 3.67. The fourth-order valence-electron chi connectivity index (χ4n) is 4.33. The van der Waals surface area contributed by atoms with Gasteiger partial charge in [0.25, 0.3) is 0 Å². The molecule has 0 bridgehead atoms. The lowest BCUT2D eigenvalue weighted by atomic mass is 9.94. The maximum absolute atomic E-state index is 5.00. The van der Waals surface area contributed by atoms with Gasteiger partial charge in [-0.2, -0.15) is 0 Å². The van der Waals surface area contributed by atoms with Crippen molar-refractivity contribution in [2.45, 2.75) is 53.4 Å². The minimum atomic E-state index is 0.525. The summed E-state index contributed by atoms with van der Waals surface area (Å²) in [5, 5.41) is 3.45. The summed E-state index contributed by atoms with van der Waals surface area (Å²) in [6.07, 6.45) is 19.0. The van der Waals surface area contributed by atoms with E-state index in [2.05, 4.69) is 60.1 Å². The van der Waals surface area contributed by atoms with Crippen molar-refractivity contribution in [1.29, 1.82) is 0 Å². The molecule has 3 heterocycles. The lowest BCUT2D eigenvalue weighted by Gasteiger charge is -2.32. The number of hydrogen-bond acceptors (Lipinski definition) is 5. The van der Waals surface area contributed by atoms with Gasteiger partial charge in [0.15, 0.2) is 5.84 Å². The molecule has 2 fully saturated rings. The molecule has 1 aliphatic carbocycles. The van der Waals surface area contributed by atoms with Gasteiger partial charge >= 0.3 is 0 Å². The van der Waals surface area contributed by atoms with Gasteiger partial charge in [0.05, 0.1) is 17.6 Å². The summed E-state index contributed by atoms with van der Waals surface area (Å²) in [7, 11) is 0. The summed E-state index contributed by atoms with van der Waals surface area (Å²) in [6, 6.07) is 0. The number of amidine groups is 1. The number of piperidine rings is 1. The highest BCUT2D eigenvalue weighted by atomic mass is 15.2. The Labute approximate surface area is 198 Å². The van der Waals surface area contributed by atoms with Crippen LogP contribution in [0, 0.1) is 5.92 Å². The smallest absolute Gasteiger partial charge is 0.156 e. The summed E-state index contributed by atoms with van der Waals surface area (Å²) >= 11 is 0. The summed E-state index contributed by atoms with van der Waals surface area (Å²) in [4.78, 5) is 16.8. The second kappa shape index (κ2) is 10.3. The van der Waals surface area contributed by atoms with Gasteiger partial charge in [-0.1, -0.05) is 18.7 Å². The van der Waals surface area contributed by atoms with E-state index in [0.29, 0.717) is 5.92 Å². The Morgan fingerprint density at radius 3 is 2.64 bits per heavy atom. The molecule has 5 nitrogen and oxygen atoms in total. The van der Waals surface area contributed by atoms with Crippen LogP contribution in [0.15, 0.2) is 97.6 Å². The molecule has 4 rings (SSSR count). The van der Waals surface area contributed by atoms with Gasteiger partial charge < -0.3 is 5.32 Å². The predicted octanol–water partition coefficient (Wildman–Crippen LogP) is 6.00. The lowest BCUT2D eigenvalue weighted by molar-refractivity contribution is 0.412. The van der Waals surface area contributed by atoms with E-state index < -0.39 is 0 Å². The van der Waals surface area contributed by atoms with Crippen LogP contribution in [0.1, 0.15) is 53.4 Å². The molecular formula is C28H35N5. The Hall–Kier alpha value is -3.05. The molecule has 0 aromatic rings. The zero-order valence-electron chi connectivity index (χ0n) is 20.4. The molecular weight excluding hydrogens is 406 g/mol. The topological polar surface area (TPSA) is 52.3 Å². The Morgan fingerprint density at radius 1 is 1.21 bits per heavy atom. The van der Waals surface area contributed by atoms with Gasteiger partial charge in [-0.3, -0.25) is 14.9 Å². The Kier molecular flexibility index (Phi) is 7.19. The molecule has 3 aliphatic heterocycles. The molecule has 1 saturated carbocycles. The molecule has 33 heavy (non-hydrogen) atoms. The zero-order chi connectivity index (χ0) is 23.4. The van der Waals surface area contributed by atoms with Crippen LogP contribution < -0.4 is 5.32 Å². The van der Waals surface area contributed by atoms with Crippen LogP contribution in [0.2, 0.25) is 0 Å². The molecule has 172 valence electrons. The molecule has 1 saturated heterocycles. The minimum Gasteiger partial charge on any atom is -0.317 e. The standard InChI is InChI=1S/C28H35N5/c1-6-8-20(4)31-21(5)19(3)15-22(7-2)25-16-27(24-9-10-24)33-18-26(30-17-28(33)32-25)23-11-13-29-14-12-23/h6-8,15-18,23,29H,1,9-14H2,2-5H3/b19-15-,20-8-,22-7+,31-21+. The maximum atomic E-state index is 5.00. The van der Waals surface area contributed by atoms with E-state index in [0.717, 1.165) is 72.9 Å². The Morgan fingerprint density at radius 2 is 1.97 bits per heavy atom. The molecule has 0 atom stereocenters. The lowest BCUT2D eigenvalue weighted by Crippen LogP contribution is -2.34. The van der Waals surface area contributed by atoms with Gasteiger partial charge in [0, 0.05) is 29.2 Å². The molecule has 0 aromatic carbocycles. The van der Waals surface area contributed by atoms with Crippen LogP contribution in [0.4, 0.5) is 0 Å². The Balaban J connectivity index is 1.62. The van der Waals surface area contributed by atoms with Crippen LogP contribution in [0.5, 0.6) is 0 Å². The highest BCUT2D eigenvalue weighted by molar-refractivity contribution is 6.31. The maximum Gasteiger partial charge on any atom is 0.156 e. The minimum absolute atomic E-state index is 0.525. The van der Waals surface area contributed by atoms with E-state index in [1.807, 2.05) is 26.1 Å². The van der Waals surface area contributed by atoms with Crippen molar-refractivity contribution in [3.8, 4) is 0 Å². The normalized spacial score (nSPS) is 22.7. The quantitative estimate of drug-likeness (QED) is 0.406. The molecule has 0 aromatic heterocycles. The van der Waals surface area contributed by atoms with Gasteiger partial charge in [-0.15, -0.1) is 0 Å². The number of nitrogens with one attached hydrogen (secondary N) is 1. The van der Waals surface area contributed by atoms with E-state index in [1.165, 1.54) is 17.0 Å². The first-order chi connectivity index (χ1) is 16.0. The monoisotopic (exact) mass is 441 g/mol. The third-order valence-corrected chi connectivity index (χ3v) is 6.48. The number of nitrogens with zero attached hydrogens (tertiary/aromatic N) is 4. The first-order valence-electron chi connectivity index (χ1n) is 12.0. The van der Waals surface area contributed by atoms with Crippen molar-refractivity contribution < 1.29 is 0 Å². The Bertz CT molecular complexity index is 1090. The van der Waals surface area contributed by atoms with E-state index >= 15 is 0 Å². The largest absolute Gasteiger partial charge is 0.317 e. The van der Waals surface area contributed by atoms with Crippen LogP contribution in [-0.4, -0.2) is 35.8 Å². The number of rotatable bonds is 6. The van der Waals surface area contributed by atoms with Crippen LogP contribution in [-0.2, 0) is 0 Å². The molecule has 5 heteroatoms. The number of hydrogen-bond donors (Lipinski definition) is 1. The van der Waals surface area contributed by atoms with Gasteiger partial charge in [-0.05, 0) is 101 Å². The predicted molar refractivity (Wildman–Crippen MR) is 140 cm³/mol. The molecule has 4 aliphatic rings. The molecule has 0 spiro atoms. The molecule has 1 N–H and O–H groups in total. The van der Waals surface area contributed by atoms with Crippen molar-refractivity contribution in [2.24, 2.45) is 20.9 Å². The summed E-state index contributed by atoms with van der Waals surface area (Å²) in [5.41, 5.74) is 9.08. The summed E-state index contributed by atoms with van der Waals surface area (Å²) in [6.45, 7) is 14.1. The van der Waals surface area contributed by atoms with Crippen LogP contribution in [0.3, 0.4) is 0 Å². The first-order valence-corrected chi connectivity index (χ1v) is 12.0. The van der Waals surface area contributed by atoms with Crippen molar-refractivity contribution in [2.75, 3.05) is 13.1 Å². The zero-order valence-corrected chi connectivity index (χ0v) is 20.4. The van der Waals surface area contributed by atoms with Gasteiger partial charge in [0.1, 0.15) is 0 Å². The van der Waals surface area contributed by atoms with Gasteiger partial charge in [0.2, 0.25) is 0 Å². The molecule has 0 unspecified atom stereocenters. The van der Waals surface area contributed by atoms with Crippen LogP contribution >= 0.6 is 0 Å². The third-order valence-electron chi connectivity index (χ3n) is 6.48. The number of allylic oxidation sites excluding steroid dienone is 9. The number of aliphatic imine (C=N–C) groups is 3. The average molecular weight is 442 g/mol. The number of fused-ring (bicyclic) bond motifs is 1. The van der Waals surface area contributed by atoms with E-state index in [-0.39, 0.29) is 0 Å². The fourth-order valence-corrected chi connectivity index (χ4v) is 4.33. The fraction of sp³-hybridized carbons (Fsp3) is 0.393. The van der Waals surface area contributed by atoms with E-state index in [1.54, 1.807) is 6.08 Å². The van der Waals surface area contributed by atoms with Crippen molar-refractivity contribution in [3.05, 3.63) is 82.7 Å². The van der Waals surface area contributed by atoms with Crippen LogP contribution in [0.25, 0.3) is 0 Å². The van der Waals surface area contributed by atoms with Crippen molar-refractivity contribution in [1.82, 2.24) is 10.2 Å². The van der Waals surface area contributed by atoms with Gasteiger partial charge in [-0.25, -0.2) is 4.99 Å². The first kappa shape index (κ1) is 23.1. The summed E-state index contributed by atoms with van der Waals surface area (Å²) in [5.74, 6) is 1.43.